The molecular formula is C21H24N4O2. The number of fused-ring (bicyclic) bond motifs is 2. The Morgan fingerprint density at radius 1 is 1.30 bits per heavy atom. The normalized spacial score (nSPS) is 13.9. The molecule has 1 amide bonds. The number of hydrogen-bond acceptors (Lipinski definition) is 4. The maximum Gasteiger partial charge on any atom is 0.219 e. The first-order valence-corrected chi connectivity index (χ1v) is 9.28. The average Bonchev–Trinajstić information content (AvgIpc) is 3.06. The molecule has 0 N–H and O–H groups in total. The quantitative estimate of drug-likeness (QED) is 0.713. The van der Waals surface area contributed by atoms with Gasteiger partial charge in [0.1, 0.15) is 0 Å². The van der Waals surface area contributed by atoms with E-state index in [9.17, 15) is 4.79 Å². The summed E-state index contributed by atoms with van der Waals surface area (Å²) in [6.45, 7) is 7.26. The molecule has 27 heavy (non-hydrogen) atoms. The molecule has 0 saturated heterocycles. The average molecular weight is 364 g/mol. The number of benzene rings is 1. The topological polar surface area (TPSA) is 60.2 Å². The van der Waals surface area contributed by atoms with Crippen LogP contribution in [-0.4, -0.2) is 39.2 Å². The third-order valence-corrected chi connectivity index (χ3v) is 5.22. The summed E-state index contributed by atoms with van der Waals surface area (Å²) in [6, 6.07) is 8.37. The van der Waals surface area contributed by atoms with Crippen molar-refractivity contribution in [1.29, 1.82) is 0 Å². The fraction of sp³-hybridized carbons (Fsp3) is 0.381. The third kappa shape index (κ3) is 2.95. The zero-order valence-corrected chi connectivity index (χ0v) is 16.2. The van der Waals surface area contributed by atoms with Gasteiger partial charge < -0.3 is 9.64 Å². The van der Waals surface area contributed by atoms with Gasteiger partial charge in [0.05, 0.1) is 12.8 Å². The largest absolute Gasteiger partial charge is 0.481 e. The molecule has 140 valence electrons. The van der Waals surface area contributed by atoms with Crippen molar-refractivity contribution >= 4 is 16.7 Å². The first-order valence-electron chi connectivity index (χ1n) is 9.28. The summed E-state index contributed by atoms with van der Waals surface area (Å²) >= 11 is 0. The van der Waals surface area contributed by atoms with Crippen LogP contribution in [0.4, 0.5) is 0 Å². The molecule has 0 saturated carbocycles. The molecule has 1 aliphatic rings. The van der Waals surface area contributed by atoms with Crippen molar-refractivity contribution in [3.05, 3.63) is 41.7 Å². The van der Waals surface area contributed by atoms with E-state index in [4.69, 9.17) is 9.84 Å². The third-order valence-electron chi connectivity index (χ3n) is 5.22. The molecule has 4 rings (SSSR count). The molecule has 1 aromatic carbocycles. The van der Waals surface area contributed by atoms with Crippen molar-refractivity contribution in [2.75, 3.05) is 13.7 Å². The number of carbonyl (C=O) groups excluding carboxylic acids is 1. The molecule has 1 aliphatic heterocycles. The summed E-state index contributed by atoms with van der Waals surface area (Å²) in [7, 11) is 1.62. The van der Waals surface area contributed by atoms with E-state index in [1.165, 1.54) is 5.69 Å². The van der Waals surface area contributed by atoms with Gasteiger partial charge in [-0.05, 0) is 19.2 Å². The van der Waals surface area contributed by atoms with Crippen LogP contribution in [0.3, 0.4) is 0 Å². The lowest BCUT2D eigenvalue weighted by atomic mass is 9.97. The maximum absolute atomic E-state index is 12.0. The van der Waals surface area contributed by atoms with Crippen molar-refractivity contribution in [3.8, 4) is 17.1 Å². The molecule has 3 heterocycles. The Bertz CT molecular complexity index is 1020. The van der Waals surface area contributed by atoms with Gasteiger partial charge in [0.15, 0.2) is 0 Å². The molecule has 3 aromatic rings. The SMILES string of the molecule is COc1cc2cccc(-c3nn(C(C)C)c4c3CN(C(C)=O)CC4)c2cn1. The highest BCUT2D eigenvalue weighted by Gasteiger charge is 2.28. The summed E-state index contributed by atoms with van der Waals surface area (Å²) in [6.07, 6.45) is 2.67. The number of amides is 1. The van der Waals surface area contributed by atoms with E-state index in [1.807, 2.05) is 23.2 Å². The molecule has 0 atom stereocenters. The van der Waals surface area contributed by atoms with Crippen LogP contribution in [-0.2, 0) is 17.8 Å². The predicted octanol–water partition coefficient (Wildman–Crippen LogP) is 3.59. The van der Waals surface area contributed by atoms with E-state index in [2.05, 4.69) is 35.6 Å². The highest BCUT2D eigenvalue weighted by Crippen LogP contribution is 2.35. The number of aromatic nitrogens is 3. The zero-order chi connectivity index (χ0) is 19.1. The fourth-order valence-electron chi connectivity index (χ4n) is 3.83. The number of ether oxygens (including phenoxy) is 1. The summed E-state index contributed by atoms with van der Waals surface area (Å²) in [5.41, 5.74) is 4.37. The molecule has 0 bridgehead atoms. The molecule has 0 fully saturated rings. The first-order chi connectivity index (χ1) is 13.0. The van der Waals surface area contributed by atoms with Gasteiger partial charge in [0, 0.05) is 66.9 Å². The van der Waals surface area contributed by atoms with Crippen LogP contribution in [0.5, 0.6) is 5.88 Å². The Morgan fingerprint density at radius 3 is 2.81 bits per heavy atom. The van der Waals surface area contributed by atoms with Crippen LogP contribution in [0.1, 0.15) is 38.1 Å². The number of carbonyl (C=O) groups is 1. The molecule has 0 aliphatic carbocycles. The van der Waals surface area contributed by atoms with Gasteiger partial charge in [-0.25, -0.2) is 4.98 Å². The van der Waals surface area contributed by atoms with Gasteiger partial charge in [0.2, 0.25) is 11.8 Å². The number of hydrogen-bond donors (Lipinski definition) is 0. The Hall–Kier alpha value is -2.89. The molecule has 6 nitrogen and oxygen atoms in total. The monoisotopic (exact) mass is 364 g/mol. The van der Waals surface area contributed by atoms with Crippen LogP contribution in [0.2, 0.25) is 0 Å². The van der Waals surface area contributed by atoms with Gasteiger partial charge in [0.25, 0.3) is 0 Å². The maximum atomic E-state index is 12.0. The minimum atomic E-state index is 0.105. The Kier molecular flexibility index (Phi) is 4.34. The molecule has 0 unspecified atom stereocenters. The van der Waals surface area contributed by atoms with E-state index < -0.39 is 0 Å². The van der Waals surface area contributed by atoms with Crippen LogP contribution in [0, 0.1) is 0 Å². The van der Waals surface area contributed by atoms with Crippen molar-refractivity contribution in [3.63, 3.8) is 0 Å². The van der Waals surface area contributed by atoms with E-state index >= 15 is 0 Å². The van der Waals surface area contributed by atoms with Crippen LogP contribution >= 0.6 is 0 Å². The lowest BCUT2D eigenvalue weighted by molar-refractivity contribution is -0.129. The molecule has 0 spiro atoms. The molecule has 6 heteroatoms. The van der Waals surface area contributed by atoms with Crippen LogP contribution in [0.15, 0.2) is 30.5 Å². The van der Waals surface area contributed by atoms with Gasteiger partial charge in [-0.2, -0.15) is 5.10 Å². The molecule has 0 radical (unpaired) electrons. The Morgan fingerprint density at radius 2 is 2.11 bits per heavy atom. The van der Waals surface area contributed by atoms with Crippen LogP contribution < -0.4 is 4.74 Å². The van der Waals surface area contributed by atoms with Crippen molar-refractivity contribution < 1.29 is 9.53 Å². The van der Waals surface area contributed by atoms with Gasteiger partial charge >= 0.3 is 0 Å². The van der Waals surface area contributed by atoms with Crippen LogP contribution in [0.25, 0.3) is 22.0 Å². The van der Waals surface area contributed by atoms with Crippen molar-refractivity contribution in [1.82, 2.24) is 19.7 Å². The van der Waals surface area contributed by atoms with E-state index in [0.717, 1.165) is 40.6 Å². The van der Waals surface area contributed by atoms with E-state index in [-0.39, 0.29) is 11.9 Å². The number of nitrogens with zero attached hydrogens (tertiary/aromatic N) is 4. The number of methoxy groups -OCH3 is 1. The lowest BCUT2D eigenvalue weighted by Crippen LogP contribution is -2.34. The van der Waals surface area contributed by atoms with Gasteiger partial charge in [-0.15, -0.1) is 0 Å². The highest BCUT2D eigenvalue weighted by molar-refractivity contribution is 5.96. The molecule has 2 aromatic heterocycles. The number of pyridine rings is 1. The summed E-state index contributed by atoms with van der Waals surface area (Å²) < 4.78 is 7.37. The van der Waals surface area contributed by atoms with Gasteiger partial charge in [-0.3, -0.25) is 9.48 Å². The number of rotatable bonds is 3. The van der Waals surface area contributed by atoms with E-state index in [1.54, 1.807) is 14.0 Å². The lowest BCUT2D eigenvalue weighted by Gasteiger charge is -2.27. The van der Waals surface area contributed by atoms with Crippen molar-refractivity contribution in [2.45, 2.75) is 39.8 Å². The predicted molar refractivity (Wildman–Crippen MR) is 105 cm³/mol. The standard InChI is InChI=1S/C21H24N4O2/c1-13(2)25-19-8-9-24(14(3)26)12-18(19)21(23-25)16-7-5-6-15-10-20(27-4)22-11-17(15)16/h5-7,10-11,13H,8-9,12H2,1-4H3. The highest BCUT2D eigenvalue weighted by atomic mass is 16.5. The summed E-state index contributed by atoms with van der Waals surface area (Å²) in [5.74, 6) is 0.699. The second-order valence-corrected chi connectivity index (χ2v) is 7.26. The first kappa shape index (κ1) is 17.5. The Balaban J connectivity index is 1.92. The minimum Gasteiger partial charge on any atom is -0.481 e. The summed E-state index contributed by atoms with van der Waals surface area (Å²) in [5, 5.41) is 7.07. The fourth-order valence-corrected chi connectivity index (χ4v) is 3.83. The summed E-state index contributed by atoms with van der Waals surface area (Å²) in [4.78, 5) is 18.2. The van der Waals surface area contributed by atoms with Crippen molar-refractivity contribution in [2.24, 2.45) is 0 Å². The second kappa shape index (κ2) is 6.68. The zero-order valence-electron chi connectivity index (χ0n) is 16.2. The Labute approximate surface area is 158 Å². The smallest absolute Gasteiger partial charge is 0.219 e. The second-order valence-electron chi connectivity index (χ2n) is 7.26. The minimum absolute atomic E-state index is 0.105. The van der Waals surface area contributed by atoms with E-state index in [0.29, 0.717) is 12.4 Å². The molecular weight excluding hydrogens is 340 g/mol. The van der Waals surface area contributed by atoms with Gasteiger partial charge in [-0.1, -0.05) is 18.2 Å².